The first-order valence-electron chi connectivity index (χ1n) is 7.09. The van der Waals surface area contributed by atoms with Gasteiger partial charge in [-0.15, -0.1) is 0 Å². The fourth-order valence-electron chi connectivity index (χ4n) is 2.18. The van der Waals surface area contributed by atoms with Crippen molar-refractivity contribution >= 4 is 24.5 Å². The minimum atomic E-state index is -0.228. The monoisotopic (exact) mass is 396 g/mol. The SMILES string of the molecule is C(/[Te]c1ccccc1)=C1/COC(COc2ccccc2)C1. The molecular formula is C18H18O2Te. The average Bonchev–Trinajstić information content (AvgIpc) is 3.01. The molecule has 3 heteroatoms. The van der Waals surface area contributed by atoms with E-state index in [2.05, 4.69) is 34.5 Å². The van der Waals surface area contributed by atoms with E-state index < -0.39 is 0 Å². The Kier molecular flexibility index (Phi) is 5.34. The molecule has 0 saturated carbocycles. The van der Waals surface area contributed by atoms with Crippen LogP contribution in [-0.2, 0) is 4.74 Å². The average molecular weight is 394 g/mol. The molecule has 2 aromatic rings. The van der Waals surface area contributed by atoms with Crippen molar-refractivity contribution in [2.24, 2.45) is 0 Å². The fourth-order valence-corrected chi connectivity index (χ4v) is 4.41. The van der Waals surface area contributed by atoms with Crippen LogP contribution in [0.2, 0.25) is 0 Å². The normalized spacial score (nSPS) is 19.8. The number of ether oxygens (including phenoxy) is 2. The molecule has 1 aliphatic heterocycles. The molecule has 21 heavy (non-hydrogen) atoms. The summed E-state index contributed by atoms with van der Waals surface area (Å²) in [6.45, 7) is 1.40. The zero-order valence-electron chi connectivity index (χ0n) is 11.8. The summed E-state index contributed by atoms with van der Waals surface area (Å²) in [4.78, 5) is 0. The van der Waals surface area contributed by atoms with Crippen molar-refractivity contribution in [3.05, 3.63) is 70.4 Å². The van der Waals surface area contributed by atoms with E-state index >= 15 is 0 Å². The molecule has 0 aliphatic carbocycles. The molecule has 1 unspecified atom stereocenters. The van der Waals surface area contributed by atoms with Crippen molar-refractivity contribution in [2.75, 3.05) is 13.2 Å². The summed E-state index contributed by atoms with van der Waals surface area (Å²) in [6, 6.07) is 20.6. The van der Waals surface area contributed by atoms with E-state index in [1.807, 2.05) is 30.3 Å². The van der Waals surface area contributed by atoms with Crippen LogP contribution >= 0.6 is 0 Å². The summed E-state index contributed by atoms with van der Waals surface area (Å²) in [7, 11) is 0. The number of rotatable bonds is 5. The molecule has 0 aromatic heterocycles. The third-order valence-electron chi connectivity index (χ3n) is 3.28. The molecule has 0 bridgehead atoms. The second-order valence-electron chi connectivity index (χ2n) is 4.97. The van der Waals surface area contributed by atoms with Crippen molar-refractivity contribution in [3.8, 4) is 5.75 Å². The molecule has 0 amide bonds. The molecule has 0 spiro atoms. The zero-order valence-corrected chi connectivity index (χ0v) is 14.1. The summed E-state index contributed by atoms with van der Waals surface area (Å²) < 4.78 is 15.5. The van der Waals surface area contributed by atoms with Crippen molar-refractivity contribution < 1.29 is 9.47 Å². The second kappa shape index (κ2) is 7.66. The van der Waals surface area contributed by atoms with Gasteiger partial charge < -0.3 is 0 Å². The van der Waals surface area contributed by atoms with Crippen molar-refractivity contribution in [3.63, 3.8) is 0 Å². The zero-order chi connectivity index (χ0) is 14.3. The molecule has 3 rings (SSSR count). The third kappa shape index (κ3) is 4.61. The third-order valence-corrected chi connectivity index (χ3v) is 6.12. The van der Waals surface area contributed by atoms with Gasteiger partial charge in [0.15, 0.2) is 0 Å². The quantitative estimate of drug-likeness (QED) is 0.727. The molecule has 0 radical (unpaired) electrons. The number of hydrogen-bond acceptors (Lipinski definition) is 2. The molecule has 0 N–H and O–H groups in total. The van der Waals surface area contributed by atoms with E-state index in [0.717, 1.165) is 18.8 Å². The van der Waals surface area contributed by atoms with E-state index in [-0.39, 0.29) is 27.0 Å². The first-order valence-corrected chi connectivity index (χ1v) is 9.60. The van der Waals surface area contributed by atoms with Gasteiger partial charge in [0.1, 0.15) is 0 Å². The summed E-state index contributed by atoms with van der Waals surface area (Å²) in [5.74, 6) is 0.914. The predicted molar refractivity (Wildman–Crippen MR) is 86.2 cm³/mol. The Hall–Kier alpha value is -1.27. The predicted octanol–water partition coefficient (Wildman–Crippen LogP) is 2.77. The topological polar surface area (TPSA) is 18.5 Å². The molecule has 1 fully saturated rings. The number of hydrogen-bond donors (Lipinski definition) is 0. The van der Waals surface area contributed by atoms with Gasteiger partial charge in [0.05, 0.1) is 0 Å². The molecule has 1 aliphatic rings. The maximum absolute atomic E-state index is 5.80. The Balaban J connectivity index is 1.47. The van der Waals surface area contributed by atoms with Gasteiger partial charge in [-0.2, -0.15) is 0 Å². The number of benzene rings is 2. The van der Waals surface area contributed by atoms with Gasteiger partial charge in [-0.3, -0.25) is 0 Å². The van der Waals surface area contributed by atoms with Gasteiger partial charge in [0.2, 0.25) is 0 Å². The molecule has 1 atom stereocenters. The molecule has 2 aromatic carbocycles. The molecule has 108 valence electrons. The van der Waals surface area contributed by atoms with Crippen LogP contribution < -0.4 is 8.35 Å². The van der Waals surface area contributed by atoms with Crippen LogP contribution in [0.5, 0.6) is 5.75 Å². The van der Waals surface area contributed by atoms with Gasteiger partial charge >= 0.3 is 136 Å². The van der Waals surface area contributed by atoms with Crippen LogP contribution in [-0.4, -0.2) is 40.2 Å². The molecule has 1 saturated heterocycles. The van der Waals surface area contributed by atoms with Crippen LogP contribution in [0.25, 0.3) is 0 Å². The Morgan fingerprint density at radius 1 is 1.05 bits per heavy atom. The first-order chi connectivity index (χ1) is 10.4. The van der Waals surface area contributed by atoms with Crippen molar-refractivity contribution in [1.82, 2.24) is 0 Å². The van der Waals surface area contributed by atoms with Crippen molar-refractivity contribution in [1.29, 1.82) is 0 Å². The van der Waals surface area contributed by atoms with Crippen LogP contribution in [0.15, 0.2) is 70.4 Å². The second-order valence-corrected chi connectivity index (χ2v) is 7.66. The van der Waals surface area contributed by atoms with E-state index in [1.165, 1.54) is 9.18 Å². The molecule has 2 nitrogen and oxygen atoms in total. The van der Waals surface area contributed by atoms with Crippen LogP contribution in [0, 0.1) is 0 Å². The standard InChI is InChI=1S/C18H18O2Te/c1-3-7-16(8-4-1)20-13-17-11-15(12-19-17)14-21-18-9-5-2-6-10-18/h1-10,14,17H,11-13H2/b15-14-. The number of para-hydroxylation sites is 1. The van der Waals surface area contributed by atoms with Crippen LogP contribution in [0.3, 0.4) is 0 Å². The van der Waals surface area contributed by atoms with E-state index in [0.29, 0.717) is 6.61 Å². The van der Waals surface area contributed by atoms with E-state index in [9.17, 15) is 0 Å². The Morgan fingerprint density at radius 3 is 2.52 bits per heavy atom. The molecular weight excluding hydrogens is 376 g/mol. The summed E-state index contributed by atoms with van der Waals surface area (Å²) in [5, 5.41) is 0. The van der Waals surface area contributed by atoms with Crippen molar-refractivity contribution in [2.45, 2.75) is 12.5 Å². The van der Waals surface area contributed by atoms with Gasteiger partial charge in [-0.25, -0.2) is 0 Å². The summed E-state index contributed by atoms with van der Waals surface area (Å²) >= 11 is -0.228. The van der Waals surface area contributed by atoms with Crippen LogP contribution in [0.1, 0.15) is 6.42 Å². The van der Waals surface area contributed by atoms with E-state index in [1.54, 1.807) is 0 Å². The maximum atomic E-state index is 5.80. The summed E-state index contributed by atoms with van der Waals surface area (Å²) in [5.41, 5.74) is 1.43. The molecule has 1 heterocycles. The van der Waals surface area contributed by atoms with Gasteiger partial charge in [-0.05, 0) is 0 Å². The van der Waals surface area contributed by atoms with Gasteiger partial charge in [0, 0.05) is 0 Å². The Labute approximate surface area is 135 Å². The van der Waals surface area contributed by atoms with E-state index in [4.69, 9.17) is 9.47 Å². The first kappa shape index (κ1) is 14.7. The fraction of sp³-hybridized carbons (Fsp3) is 0.222. The summed E-state index contributed by atoms with van der Waals surface area (Å²) in [6.07, 6.45) is 1.20. The Morgan fingerprint density at radius 2 is 1.76 bits per heavy atom. The van der Waals surface area contributed by atoms with Gasteiger partial charge in [0.25, 0.3) is 0 Å². The Bertz CT molecular complexity index is 581. The van der Waals surface area contributed by atoms with Gasteiger partial charge in [-0.1, -0.05) is 0 Å². The minimum absolute atomic E-state index is 0.194. The van der Waals surface area contributed by atoms with Crippen LogP contribution in [0.4, 0.5) is 0 Å².